The van der Waals surface area contributed by atoms with Crippen molar-refractivity contribution in [1.29, 1.82) is 0 Å². The van der Waals surface area contributed by atoms with E-state index in [4.69, 9.17) is 5.11 Å². The zero-order valence-corrected chi connectivity index (χ0v) is 11.7. The molecule has 1 saturated carbocycles. The molecule has 2 aromatic heterocycles. The smallest absolute Gasteiger partial charge is 0.346 e. The minimum Gasteiger partial charge on any atom is -0.477 e. The van der Waals surface area contributed by atoms with E-state index >= 15 is 0 Å². The number of nitrogens with one attached hydrogen (secondary N) is 1. The Morgan fingerprint density at radius 3 is 2.95 bits per heavy atom. The molecular weight excluding hydrogens is 300 g/mol. The molecule has 1 aliphatic rings. The van der Waals surface area contributed by atoms with E-state index in [-0.39, 0.29) is 6.42 Å². The van der Waals surface area contributed by atoms with Gasteiger partial charge in [-0.25, -0.2) is 13.6 Å². The molecule has 8 heteroatoms. The fraction of sp³-hybridized carbons (Fsp3) is 0.385. The predicted octanol–water partition coefficient (Wildman–Crippen LogP) is 2.51. The van der Waals surface area contributed by atoms with Crippen LogP contribution in [0.3, 0.4) is 0 Å². The summed E-state index contributed by atoms with van der Waals surface area (Å²) in [6.45, 7) is 0.735. The number of halogens is 2. The minimum atomic E-state index is -2.66. The highest BCUT2D eigenvalue weighted by Crippen LogP contribution is 2.52. The van der Waals surface area contributed by atoms with Crippen LogP contribution in [0.25, 0.3) is 0 Å². The van der Waals surface area contributed by atoms with Gasteiger partial charge in [-0.1, -0.05) is 0 Å². The first-order valence-corrected chi connectivity index (χ1v) is 7.27. The zero-order valence-electron chi connectivity index (χ0n) is 10.9. The van der Waals surface area contributed by atoms with E-state index in [2.05, 4.69) is 10.4 Å². The molecule has 1 unspecified atom stereocenters. The fourth-order valence-corrected chi connectivity index (χ4v) is 2.98. The third-order valence-corrected chi connectivity index (χ3v) is 4.35. The molecule has 1 aliphatic carbocycles. The molecular formula is C13H13F2N3O2S. The summed E-state index contributed by atoms with van der Waals surface area (Å²) in [4.78, 5) is 11.3. The van der Waals surface area contributed by atoms with E-state index in [9.17, 15) is 13.6 Å². The number of carboxylic acids is 1. The molecule has 5 nitrogen and oxygen atoms in total. The molecule has 0 amide bonds. The van der Waals surface area contributed by atoms with Crippen molar-refractivity contribution in [1.82, 2.24) is 15.1 Å². The second-order valence-corrected chi connectivity index (χ2v) is 5.85. The van der Waals surface area contributed by atoms with Crippen LogP contribution in [0.15, 0.2) is 23.7 Å². The molecule has 0 aliphatic heterocycles. The standard InChI is InChI=1S/C13H13F2N3O2S/c14-13(15)5-10(13)18-9(1-3-17-18)7-16-6-8-2-4-21-11(8)12(19)20/h1-4,10,16H,5-7H2,(H,19,20). The third kappa shape index (κ3) is 2.81. The van der Waals surface area contributed by atoms with Gasteiger partial charge < -0.3 is 10.4 Å². The van der Waals surface area contributed by atoms with Gasteiger partial charge in [-0.05, 0) is 23.1 Å². The number of rotatable bonds is 6. The molecule has 0 saturated heterocycles. The molecule has 2 aromatic rings. The molecule has 0 radical (unpaired) electrons. The highest BCUT2D eigenvalue weighted by Gasteiger charge is 2.59. The van der Waals surface area contributed by atoms with Crippen LogP contribution < -0.4 is 5.32 Å². The summed E-state index contributed by atoms with van der Waals surface area (Å²) in [5.74, 6) is -3.62. The normalized spacial score (nSPS) is 19.6. The van der Waals surface area contributed by atoms with E-state index in [1.165, 1.54) is 22.2 Å². The summed E-state index contributed by atoms with van der Waals surface area (Å²) in [7, 11) is 0. The quantitative estimate of drug-likeness (QED) is 0.860. The maximum Gasteiger partial charge on any atom is 0.346 e. The van der Waals surface area contributed by atoms with Gasteiger partial charge in [-0.3, -0.25) is 4.68 Å². The van der Waals surface area contributed by atoms with Crippen molar-refractivity contribution in [2.75, 3.05) is 0 Å². The van der Waals surface area contributed by atoms with E-state index in [1.54, 1.807) is 17.5 Å². The topological polar surface area (TPSA) is 67.2 Å². The molecule has 1 atom stereocenters. The molecule has 0 bridgehead atoms. The van der Waals surface area contributed by atoms with Crippen molar-refractivity contribution < 1.29 is 18.7 Å². The summed E-state index contributed by atoms with van der Waals surface area (Å²) < 4.78 is 27.5. The Labute approximate surface area is 123 Å². The van der Waals surface area contributed by atoms with Gasteiger partial charge in [0.15, 0.2) is 0 Å². The summed E-state index contributed by atoms with van der Waals surface area (Å²) in [5, 5.41) is 17.7. The molecule has 2 heterocycles. The lowest BCUT2D eigenvalue weighted by atomic mass is 10.2. The van der Waals surface area contributed by atoms with Crippen molar-refractivity contribution in [3.63, 3.8) is 0 Å². The monoisotopic (exact) mass is 313 g/mol. The number of hydrogen-bond acceptors (Lipinski definition) is 4. The SMILES string of the molecule is O=C(O)c1sccc1CNCc1ccnn1C1CC1(F)F. The van der Waals surface area contributed by atoms with E-state index in [0.29, 0.717) is 29.2 Å². The molecule has 0 spiro atoms. The van der Waals surface area contributed by atoms with Crippen LogP contribution in [0.1, 0.15) is 33.4 Å². The number of aromatic nitrogens is 2. The largest absolute Gasteiger partial charge is 0.477 e. The lowest BCUT2D eigenvalue weighted by molar-refractivity contribution is 0.0700. The van der Waals surface area contributed by atoms with Crippen LogP contribution >= 0.6 is 11.3 Å². The van der Waals surface area contributed by atoms with Crippen molar-refractivity contribution >= 4 is 17.3 Å². The minimum absolute atomic E-state index is 0.171. The van der Waals surface area contributed by atoms with Crippen LogP contribution in [0.5, 0.6) is 0 Å². The van der Waals surface area contributed by atoms with Gasteiger partial charge in [0.2, 0.25) is 0 Å². The van der Waals surface area contributed by atoms with Crippen molar-refractivity contribution in [3.05, 3.63) is 39.8 Å². The number of hydrogen-bond donors (Lipinski definition) is 2. The average Bonchev–Trinajstić information content (AvgIpc) is 2.87. The maximum absolute atomic E-state index is 13.1. The Bertz CT molecular complexity index is 668. The highest BCUT2D eigenvalue weighted by molar-refractivity contribution is 7.12. The van der Waals surface area contributed by atoms with E-state index in [0.717, 1.165) is 0 Å². The highest BCUT2D eigenvalue weighted by atomic mass is 32.1. The Morgan fingerprint density at radius 2 is 2.29 bits per heavy atom. The number of nitrogens with zero attached hydrogens (tertiary/aromatic N) is 2. The molecule has 3 rings (SSSR count). The van der Waals surface area contributed by atoms with Gasteiger partial charge in [0.25, 0.3) is 5.92 Å². The number of aromatic carboxylic acids is 1. The van der Waals surface area contributed by atoms with Crippen molar-refractivity contribution in [2.24, 2.45) is 0 Å². The summed E-state index contributed by atoms with van der Waals surface area (Å²) in [6, 6.07) is 2.58. The first-order chi connectivity index (χ1) is 9.99. The zero-order chi connectivity index (χ0) is 15.0. The Morgan fingerprint density at radius 1 is 1.52 bits per heavy atom. The first-order valence-electron chi connectivity index (χ1n) is 6.39. The van der Waals surface area contributed by atoms with Gasteiger partial charge in [-0.2, -0.15) is 5.10 Å². The second kappa shape index (κ2) is 5.19. The molecule has 2 N–H and O–H groups in total. The van der Waals surface area contributed by atoms with E-state index in [1.807, 2.05) is 0 Å². The molecule has 1 fully saturated rings. The average molecular weight is 313 g/mol. The Kier molecular flexibility index (Phi) is 3.50. The molecule has 0 aromatic carbocycles. The van der Waals surface area contributed by atoms with Gasteiger partial charge in [0.05, 0.1) is 5.69 Å². The number of carbonyl (C=O) groups is 1. The van der Waals surface area contributed by atoms with E-state index < -0.39 is 17.9 Å². The van der Waals surface area contributed by atoms with Gasteiger partial charge >= 0.3 is 5.97 Å². The Balaban J connectivity index is 1.60. The van der Waals surface area contributed by atoms with Crippen LogP contribution in [0.4, 0.5) is 8.78 Å². The van der Waals surface area contributed by atoms with Gasteiger partial charge in [-0.15, -0.1) is 11.3 Å². The molecule has 112 valence electrons. The molecule has 21 heavy (non-hydrogen) atoms. The van der Waals surface area contributed by atoms with Gasteiger partial charge in [0, 0.05) is 25.7 Å². The van der Waals surface area contributed by atoms with Crippen LogP contribution in [-0.4, -0.2) is 26.8 Å². The number of carboxylic acid groups (broad SMARTS) is 1. The number of alkyl halides is 2. The van der Waals surface area contributed by atoms with Crippen LogP contribution in [0.2, 0.25) is 0 Å². The lowest BCUT2D eigenvalue weighted by Crippen LogP contribution is -2.18. The van der Waals surface area contributed by atoms with Crippen molar-refractivity contribution in [2.45, 2.75) is 31.5 Å². The first kappa shape index (κ1) is 14.2. The third-order valence-electron chi connectivity index (χ3n) is 3.40. The Hall–Kier alpha value is -1.80. The summed E-state index contributed by atoms with van der Waals surface area (Å²) in [6.07, 6.45) is 1.33. The summed E-state index contributed by atoms with van der Waals surface area (Å²) >= 11 is 1.17. The maximum atomic E-state index is 13.1. The predicted molar refractivity (Wildman–Crippen MR) is 72.7 cm³/mol. The van der Waals surface area contributed by atoms with Crippen LogP contribution in [0, 0.1) is 0 Å². The lowest BCUT2D eigenvalue weighted by Gasteiger charge is -2.08. The second-order valence-electron chi connectivity index (χ2n) is 4.93. The number of thiophene rings is 1. The van der Waals surface area contributed by atoms with Crippen LogP contribution in [-0.2, 0) is 13.1 Å². The summed E-state index contributed by atoms with van der Waals surface area (Å²) in [5.41, 5.74) is 1.36. The van der Waals surface area contributed by atoms with Crippen molar-refractivity contribution in [3.8, 4) is 0 Å². The van der Waals surface area contributed by atoms with Gasteiger partial charge in [0.1, 0.15) is 10.9 Å². The fourth-order valence-electron chi connectivity index (χ4n) is 2.21.